The van der Waals surface area contributed by atoms with E-state index in [4.69, 9.17) is 4.74 Å². The summed E-state index contributed by atoms with van der Waals surface area (Å²) in [5.74, 6) is 0.387. The molecule has 1 aromatic carbocycles. The summed E-state index contributed by atoms with van der Waals surface area (Å²) in [7, 11) is 1.56. The Morgan fingerprint density at radius 2 is 1.92 bits per heavy atom. The number of imide groups is 1. The van der Waals surface area contributed by atoms with E-state index in [0.717, 1.165) is 11.3 Å². The standard InChI is InChI=1S/C19H27N3O4/c1-5-19(14-6-8-15(26-4)9-7-14)17(24)22(18(25)21-19)12-16(23)20-11-10-13(2)3/h6-9,13H,5,10-12H2,1-4H3,(H,20,23)(H,21,25)/t19-/m0/s1. The summed E-state index contributed by atoms with van der Waals surface area (Å²) in [4.78, 5) is 38.4. The lowest BCUT2D eigenvalue weighted by Gasteiger charge is -2.26. The maximum atomic E-state index is 13.0. The number of nitrogens with one attached hydrogen (secondary N) is 2. The lowest BCUT2D eigenvalue weighted by molar-refractivity contribution is -0.135. The van der Waals surface area contributed by atoms with Crippen LogP contribution in [0.3, 0.4) is 0 Å². The van der Waals surface area contributed by atoms with Crippen molar-refractivity contribution < 1.29 is 19.1 Å². The van der Waals surface area contributed by atoms with Gasteiger partial charge in [-0.1, -0.05) is 32.9 Å². The minimum absolute atomic E-state index is 0.277. The fraction of sp³-hybridized carbons (Fsp3) is 0.526. The third-order valence-corrected chi connectivity index (χ3v) is 4.63. The van der Waals surface area contributed by atoms with E-state index in [1.54, 1.807) is 31.4 Å². The molecule has 0 aromatic heterocycles. The summed E-state index contributed by atoms with van der Waals surface area (Å²) in [5.41, 5.74) is -0.483. The Bertz CT molecular complexity index is 672. The molecule has 0 bridgehead atoms. The normalized spacial score (nSPS) is 19.7. The minimum Gasteiger partial charge on any atom is -0.497 e. The Kier molecular flexibility index (Phi) is 6.23. The van der Waals surface area contributed by atoms with Crippen molar-refractivity contribution in [3.8, 4) is 5.75 Å². The molecule has 1 fully saturated rings. The van der Waals surface area contributed by atoms with Crippen molar-refractivity contribution >= 4 is 17.8 Å². The molecule has 2 N–H and O–H groups in total. The van der Waals surface area contributed by atoms with Crippen LogP contribution in [-0.2, 0) is 15.1 Å². The lowest BCUT2D eigenvalue weighted by Crippen LogP contribution is -2.45. The maximum absolute atomic E-state index is 13.0. The maximum Gasteiger partial charge on any atom is 0.325 e. The Labute approximate surface area is 154 Å². The average molecular weight is 361 g/mol. The zero-order chi connectivity index (χ0) is 19.3. The highest BCUT2D eigenvalue weighted by atomic mass is 16.5. The summed E-state index contributed by atoms with van der Waals surface area (Å²) in [6.45, 7) is 6.20. The molecular weight excluding hydrogens is 334 g/mol. The zero-order valence-corrected chi connectivity index (χ0v) is 15.8. The number of ether oxygens (including phenoxy) is 1. The van der Waals surface area contributed by atoms with Gasteiger partial charge in [-0.3, -0.25) is 14.5 Å². The molecule has 1 aliphatic rings. The molecule has 7 nitrogen and oxygen atoms in total. The number of urea groups is 1. The number of rotatable bonds is 8. The summed E-state index contributed by atoms with van der Waals surface area (Å²) < 4.78 is 5.14. The highest BCUT2D eigenvalue weighted by molar-refractivity contribution is 6.09. The molecule has 0 unspecified atom stereocenters. The van der Waals surface area contributed by atoms with Crippen molar-refractivity contribution in [2.75, 3.05) is 20.2 Å². The van der Waals surface area contributed by atoms with Gasteiger partial charge >= 0.3 is 6.03 Å². The zero-order valence-electron chi connectivity index (χ0n) is 15.8. The van der Waals surface area contributed by atoms with E-state index < -0.39 is 17.5 Å². The fourth-order valence-electron chi connectivity index (χ4n) is 2.98. The van der Waals surface area contributed by atoms with Crippen LogP contribution in [0, 0.1) is 5.92 Å². The third kappa shape index (κ3) is 3.98. The number of carbonyl (C=O) groups excluding carboxylic acids is 3. The largest absolute Gasteiger partial charge is 0.497 e. The van der Waals surface area contributed by atoms with Crippen molar-refractivity contribution in [1.29, 1.82) is 0 Å². The topological polar surface area (TPSA) is 87.7 Å². The van der Waals surface area contributed by atoms with Crippen LogP contribution in [0.2, 0.25) is 0 Å². The monoisotopic (exact) mass is 361 g/mol. The Morgan fingerprint density at radius 3 is 2.46 bits per heavy atom. The molecule has 1 aliphatic heterocycles. The Balaban J connectivity index is 2.13. The number of carbonyl (C=O) groups is 3. The van der Waals surface area contributed by atoms with Crippen molar-refractivity contribution in [3.05, 3.63) is 29.8 Å². The smallest absolute Gasteiger partial charge is 0.325 e. The van der Waals surface area contributed by atoms with Gasteiger partial charge in [0.1, 0.15) is 17.8 Å². The van der Waals surface area contributed by atoms with Crippen LogP contribution in [0.25, 0.3) is 0 Å². The second-order valence-corrected chi connectivity index (χ2v) is 6.84. The average Bonchev–Trinajstić information content (AvgIpc) is 2.86. The van der Waals surface area contributed by atoms with Crippen LogP contribution in [-0.4, -0.2) is 42.9 Å². The van der Waals surface area contributed by atoms with Gasteiger partial charge in [0.05, 0.1) is 7.11 Å². The number of amides is 4. The molecular formula is C19H27N3O4. The predicted molar refractivity (Wildman–Crippen MR) is 97.7 cm³/mol. The van der Waals surface area contributed by atoms with Crippen LogP contribution in [0.5, 0.6) is 5.75 Å². The van der Waals surface area contributed by atoms with Crippen LogP contribution < -0.4 is 15.4 Å². The van der Waals surface area contributed by atoms with E-state index in [0.29, 0.717) is 30.2 Å². The molecule has 1 heterocycles. The van der Waals surface area contributed by atoms with E-state index in [1.165, 1.54) is 0 Å². The first-order valence-electron chi connectivity index (χ1n) is 8.89. The SMILES string of the molecule is CC[C@@]1(c2ccc(OC)cc2)NC(=O)N(CC(=O)NCCC(C)C)C1=O. The molecule has 0 aliphatic carbocycles. The molecule has 0 spiro atoms. The first-order chi connectivity index (χ1) is 12.3. The molecule has 0 radical (unpaired) electrons. The van der Waals surface area contributed by atoms with E-state index in [1.807, 2.05) is 6.92 Å². The molecule has 142 valence electrons. The molecule has 1 saturated heterocycles. The quantitative estimate of drug-likeness (QED) is 0.694. The van der Waals surface area contributed by atoms with Gasteiger partial charge in [-0.05, 0) is 36.5 Å². The van der Waals surface area contributed by atoms with Gasteiger partial charge in [-0.2, -0.15) is 0 Å². The van der Waals surface area contributed by atoms with Crippen LogP contribution in [0.15, 0.2) is 24.3 Å². The Morgan fingerprint density at radius 1 is 1.27 bits per heavy atom. The molecule has 7 heteroatoms. The number of benzene rings is 1. The van der Waals surface area contributed by atoms with Gasteiger partial charge in [-0.15, -0.1) is 0 Å². The highest BCUT2D eigenvalue weighted by Gasteiger charge is 2.51. The first kappa shape index (κ1) is 19.8. The number of methoxy groups -OCH3 is 1. The second-order valence-electron chi connectivity index (χ2n) is 6.84. The summed E-state index contributed by atoms with van der Waals surface area (Å²) >= 11 is 0. The molecule has 1 atom stereocenters. The number of hydrogen-bond acceptors (Lipinski definition) is 4. The molecule has 0 saturated carbocycles. The second kappa shape index (κ2) is 8.21. The van der Waals surface area contributed by atoms with Crippen molar-refractivity contribution in [2.45, 2.75) is 39.2 Å². The minimum atomic E-state index is -1.15. The Hall–Kier alpha value is -2.57. The van der Waals surface area contributed by atoms with Gasteiger partial charge in [0.15, 0.2) is 0 Å². The number of nitrogens with zero attached hydrogens (tertiary/aromatic N) is 1. The highest BCUT2D eigenvalue weighted by Crippen LogP contribution is 2.33. The van der Waals surface area contributed by atoms with Crippen molar-refractivity contribution in [3.63, 3.8) is 0 Å². The van der Waals surface area contributed by atoms with Gasteiger partial charge in [0.25, 0.3) is 5.91 Å². The van der Waals surface area contributed by atoms with E-state index in [-0.39, 0.29) is 12.5 Å². The fourth-order valence-corrected chi connectivity index (χ4v) is 2.98. The summed E-state index contributed by atoms with van der Waals surface area (Å²) in [6, 6.07) is 6.45. The predicted octanol–water partition coefficient (Wildman–Crippen LogP) is 2.01. The summed E-state index contributed by atoms with van der Waals surface area (Å²) in [5, 5.41) is 5.52. The van der Waals surface area contributed by atoms with Gasteiger partial charge in [0, 0.05) is 6.54 Å². The lowest BCUT2D eigenvalue weighted by atomic mass is 9.87. The van der Waals surface area contributed by atoms with E-state index in [2.05, 4.69) is 24.5 Å². The van der Waals surface area contributed by atoms with Gasteiger partial charge in [-0.25, -0.2) is 4.79 Å². The molecule has 1 aromatic rings. The summed E-state index contributed by atoms with van der Waals surface area (Å²) in [6.07, 6.45) is 1.23. The van der Waals surface area contributed by atoms with Crippen LogP contribution in [0.1, 0.15) is 39.2 Å². The van der Waals surface area contributed by atoms with E-state index in [9.17, 15) is 14.4 Å². The van der Waals surface area contributed by atoms with Gasteiger partial charge in [0.2, 0.25) is 5.91 Å². The third-order valence-electron chi connectivity index (χ3n) is 4.63. The number of hydrogen-bond donors (Lipinski definition) is 2. The van der Waals surface area contributed by atoms with Crippen LogP contribution >= 0.6 is 0 Å². The van der Waals surface area contributed by atoms with Crippen molar-refractivity contribution in [1.82, 2.24) is 15.5 Å². The van der Waals surface area contributed by atoms with Crippen LogP contribution in [0.4, 0.5) is 4.79 Å². The van der Waals surface area contributed by atoms with Crippen molar-refractivity contribution in [2.24, 2.45) is 5.92 Å². The molecule has 2 rings (SSSR count). The van der Waals surface area contributed by atoms with E-state index >= 15 is 0 Å². The molecule has 4 amide bonds. The van der Waals surface area contributed by atoms with Gasteiger partial charge < -0.3 is 15.4 Å². The first-order valence-corrected chi connectivity index (χ1v) is 8.89. The molecule has 26 heavy (non-hydrogen) atoms.